The van der Waals surface area contributed by atoms with Gasteiger partial charge in [-0.05, 0) is 116 Å². The molecule has 8 N–H and O–H groups in total. The van der Waals surface area contributed by atoms with E-state index >= 15 is 0 Å². The van der Waals surface area contributed by atoms with E-state index in [1.807, 2.05) is 127 Å². The number of ether oxygens (including phenoxy) is 7. The predicted molar refractivity (Wildman–Crippen MR) is 418 cm³/mol. The molecule has 2 fully saturated rings. The number of nitrogens with two attached hydrogens (primary N) is 1. The maximum Gasteiger partial charge on any atom is 0.490 e. The highest BCUT2D eigenvalue weighted by molar-refractivity contribution is 6.67. The van der Waals surface area contributed by atoms with Gasteiger partial charge in [-0.1, -0.05) is 216 Å². The SMILES string of the molecule is C.COc1ccc(C[C@@H](NC(=O)/C=C/C[C@H](OC(=O)[C@H](CC(C)C)OC(=O)C2(CN)CC2)[C@H](C)/C=C/c2ccccc2)C(=O)O)cc1Cl.COc1ccc(C[C@@H](NC(=O)/C=C/C[C@H](OC(=O)[C@H](CC(C)C)OC(=O)C2(CNB(C)O)CC2)[C@H](C)/C=C/c2ccccc2)C(=O)OCC(Cl)(Cl)Cl)cc1Cl.FF.O=C(O)C(F)(F)F. The van der Waals surface area contributed by atoms with Crippen molar-refractivity contribution >= 4 is 131 Å². The third-order valence-corrected chi connectivity index (χ3v) is 17.9. The van der Waals surface area contributed by atoms with Crippen molar-refractivity contribution in [2.24, 2.45) is 40.2 Å². The van der Waals surface area contributed by atoms with Crippen LogP contribution in [0, 0.1) is 34.5 Å². The van der Waals surface area contributed by atoms with Crippen molar-refractivity contribution < 1.29 is 114 Å². The lowest BCUT2D eigenvalue weighted by atomic mass is 9.87. The lowest BCUT2D eigenvalue weighted by Crippen LogP contribution is -2.43. The average Bonchev–Trinajstić information content (AvgIpc) is 1.63. The molecule has 0 unspecified atom stereocenters. The Morgan fingerprint density at radius 1 is 0.598 bits per heavy atom. The average molecular weight is 1680 g/mol. The highest BCUT2D eigenvalue weighted by Gasteiger charge is 2.53. The molecule has 2 saturated carbocycles. The van der Waals surface area contributed by atoms with E-state index in [-0.39, 0.29) is 82.7 Å². The van der Waals surface area contributed by atoms with Crippen LogP contribution in [0.25, 0.3) is 12.2 Å². The van der Waals surface area contributed by atoms with E-state index in [0.717, 1.165) is 11.1 Å². The highest BCUT2D eigenvalue weighted by atomic mass is 35.6. The van der Waals surface area contributed by atoms with Crippen molar-refractivity contribution in [3.63, 3.8) is 0 Å². The second-order valence-corrected chi connectivity index (χ2v) is 30.5. The number of rotatable bonds is 39. The summed E-state index contributed by atoms with van der Waals surface area (Å²) >= 11 is 29.8. The van der Waals surface area contributed by atoms with Crippen LogP contribution < -0.4 is 31.1 Å². The Hall–Kier alpha value is -8.29. The molecule has 6 rings (SSSR count). The maximum absolute atomic E-state index is 13.7. The maximum atomic E-state index is 13.7. The molecule has 0 saturated heterocycles. The first-order chi connectivity index (χ1) is 52.2. The Balaban J connectivity index is 0.000000686. The molecule has 0 aliphatic heterocycles. The number of carboxylic acid groups (broad SMARTS) is 2. The van der Waals surface area contributed by atoms with E-state index in [9.17, 15) is 61.7 Å². The van der Waals surface area contributed by atoms with Gasteiger partial charge in [0.15, 0.2) is 12.2 Å². The molecule has 2 amide bonds. The van der Waals surface area contributed by atoms with Gasteiger partial charge in [-0.2, -0.15) is 13.2 Å². The first kappa shape index (κ1) is 99.8. The smallest absolute Gasteiger partial charge is 0.490 e. The van der Waals surface area contributed by atoms with Crippen LogP contribution in [0.4, 0.5) is 22.3 Å². The molecule has 0 heterocycles. The van der Waals surface area contributed by atoms with Gasteiger partial charge in [-0.15, -0.1) is 0 Å². The molecule has 0 radical (unpaired) electrons. The molecule has 4 aromatic rings. The number of hydrogen-bond acceptors (Lipinski definition) is 19. The molecule has 23 nitrogen and oxygen atoms in total. The standard InChI is InChI=1S/C39H49BCl4N2O9.C36H45ClN2O8.C2HF3O2.CH4.F2/c1-25(2)20-33(55-37(50)38(18-19-38)23-45-40(4)51)36(49)54-31(26(3)14-15-27-10-7-6-8-11-27)12-9-13-34(47)46-30(35(48)53-24-39(42,43)44)22-28-16-17-32(52-5)29(41)21-28;1-23(2)19-31(47-35(44)36(22-38)17-18-36)34(43)46-29(24(3)13-14-25-9-6-5-7-10-25)11-8-12-32(40)39-28(33(41)42)21-26-15-16-30(45-4)27(37)20-26;3-2(4,5)1(6)7;;1-2/h6-11,13-17,21,25-26,30-31,33,45,51H,12,18-20,22-24H2,1-5H3,(H,46,47);5-10,12-16,20,23-24,28-29,31H,11,17-19,21-22,38H2,1-4H3,(H,39,40)(H,41,42);(H,6,7);1H4;/b13-9+,15-14+;12-8+,14-13+;;;/t26-,30-,31+,33+;24-,28-,29+,31+;;;/m11.../s1. The lowest BCUT2D eigenvalue weighted by Gasteiger charge is -2.26. The normalized spacial score (nSPS) is 15.4. The summed E-state index contributed by atoms with van der Waals surface area (Å²) in [5.74, 6) is -8.19. The Kier molecular flexibility index (Phi) is 44.0. The van der Waals surface area contributed by atoms with Gasteiger partial charge < -0.3 is 70.0 Å². The minimum atomic E-state index is -5.08. The topological polar surface area (TPSA) is 341 Å². The molecule has 2 aliphatic carbocycles. The zero-order valence-electron chi connectivity index (χ0n) is 62.6. The van der Waals surface area contributed by atoms with E-state index in [1.165, 1.54) is 38.5 Å². The predicted octanol–water partition coefficient (Wildman–Crippen LogP) is 14.4. The number of nitrogens with one attached hydrogen (secondary N) is 3. The second kappa shape index (κ2) is 49.4. The first-order valence-corrected chi connectivity index (χ1v) is 37.0. The van der Waals surface area contributed by atoms with E-state index < -0.39 is 125 Å². The molecular weight excluding hydrogens is 1580 g/mol. The summed E-state index contributed by atoms with van der Waals surface area (Å²) in [6.45, 7) is 12.8. The third-order valence-electron chi connectivity index (χ3n) is 17.0. The minimum Gasteiger partial charge on any atom is -0.495 e. The molecular formula is C78H99BCl5F5N4O19. The van der Waals surface area contributed by atoms with Crippen molar-refractivity contribution in [3.8, 4) is 11.5 Å². The zero-order chi connectivity index (χ0) is 83.4. The quantitative estimate of drug-likeness (QED) is 0.00545. The summed E-state index contributed by atoms with van der Waals surface area (Å²) in [5.41, 5.74) is 7.36. The number of hydrogen-bond donors (Lipinski definition) is 7. The second-order valence-electron chi connectivity index (χ2n) is 27.2. The molecule has 0 aromatic heterocycles. The molecule has 0 bridgehead atoms. The highest BCUT2D eigenvalue weighted by Crippen LogP contribution is 2.47. The number of esters is 5. The summed E-state index contributed by atoms with van der Waals surface area (Å²) in [7, 11) is 2.14. The number of carboxylic acids is 2. The van der Waals surface area contributed by atoms with Crippen LogP contribution in [0.2, 0.25) is 16.9 Å². The van der Waals surface area contributed by atoms with Gasteiger partial charge >= 0.3 is 55.0 Å². The zero-order valence-corrected chi connectivity index (χ0v) is 66.4. The molecule has 2 aliphatic rings. The summed E-state index contributed by atoms with van der Waals surface area (Å²) in [6.07, 6.45) is 7.40. The number of benzene rings is 4. The minimum absolute atomic E-state index is 0. The van der Waals surface area contributed by atoms with E-state index in [0.29, 0.717) is 58.4 Å². The van der Waals surface area contributed by atoms with Gasteiger partial charge in [0.25, 0.3) is 0 Å². The van der Waals surface area contributed by atoms with Crippen LogP contribution in [0.5, 0.6) is 11.5 Å². The fraction of sp³-hybridized carbons (Fsp3) is 0.474. The molecule has 618 valence electrons. The number of halogens is 10. The van der Waals surface area contributed by atoms with Crippen LogP contribution in [0.1, 0.15) is 123 Å². The largest absolute Gasteiger partial charge is 0.495 e. The Morgan fingerprint density at radius 2 is 0.982 bits per heavy atom. The molecule has 8 atom stereocenters. The van der Waals surface area contributed by atoms with Crippen LogP contribution in [-0.2, 0) is 79.7 Å². The number of amides is 2. The van der Waals surface area contributed by atoms with E-state index in [1.54, 1.807) is 43.2 Å². The number of alkyl halides is 6. The molecule has 4 aromatic carbocycles. The van der Waals surface area contributed by atoms with Crippen LogP contribution in [0.3, 0.4) is 0 Å². The Morgan fingerprint density at radius 3 is 1.31 bits per heavy atom. The Labute approximate surface area is 674 Å². The number of methoxy groups -OCH3 is 2. The number of aliphatic carboxylic acids is 2. The summed E-state index contributed by atoms with van der Waals surface area (Å²) in [4.78, 5) is 113. The van der Waals surface area contributed by atoms with Crippen LogP contribution >= 0.6 is 58.0 Å². The fourth-order valence-corrected chi connectivity index (χ4v) is 11.0. The lowest BCUT2D eigenvalue weighted by molar-refractivity contribution is -0.192. The fourth-order valence-electron chi connectivity index (χ4n) is 10.3. The third kappa shape index (κ3) is 37.1. The van der Waals surface area contributed by atoms with Crippen LogP contribution in [0.15, 0.2) is 134 Å². The molecule has 112 heavy (non-hydrogen) atoms. The van der Waals surface area contributed by atoms with Gasteiger partial charge in [-0.3, -0.25) is 19.2 Å². The summed E-state index contributed by atoms with van der Waals surface area (Å²) in [6, 6.07) is 26.6. The van der Waals surface area contributed by atoms with Crippen molar-refractivity contribution in [2.75, 3.05) is 33.9 Å². The van der Waals surface area contributed by atoms with Crippen LogP contribution in [-0.4, -0.2) is 156 Å². The Bertz CT molecular complexity index is 3790. The van der Waals surface area contributed by atoms with E-state index in [2.05, 4.69) is 15.9 Å². The summed E-state index contributed by atoms with van der Waals surface area (Å²) < 4.78 is 84.8. The number of carbonyl (C=O) groups is 9. The van der Waals surface area contributed by atoms with Gasteiger partial charge in [0.2, 0.25) is 15.6 Å². The van der Waals surface area contributed by atoms with Crippen molar-refractivity contribution in [3.05, 3.63) is 166 Å². The van der Waals surface area contributed by atoms with Crippen molar-refractivity contribution in [2.45, 2.75) is 166 Å². The first-order valence-electron chi connectivity index (χ1n) is 35.1. The molecule has 34 heteroatoms. The molecule has 0 spiro atoms. The van der Waals surface area contributed by atoms with Gasteiger partial charge in [0.05, 0.1) is 35.1 Å². The van der Waals surface area contributed by atoms with Gasteiger partial charge in [0, 0.05) is 59.8 Å². The number of carbonyl (C=O) groups excluding carboxylic acids is 7. The van der Waals surface area contributed by atoms with Crippen molar-refractivity contribution in [1.29, 1.82) is 0 Å². The summed E-state index contributed by atoms with van der Waals surface area (Å²) in [5, 5.41) is 35.2. The van der Waals surface area contributed by atoms with Crippen molar-refractivity contribution in [1.82, 2.24) is 15.9 Å². The van der Waals surface area contributed by atoms with Gasteiger partial charge in [0.1, 0.15) is 42.4 Å². The van der Waals surface area contributed by atoms with E-state index in [4.69, 9.17) is 116 Å². The van der Waals surface area contributed by atoms with Gasteiger partial charge in [-0.25, -0.2) is 24.0 Å². The monoisotopic (exact) mass is 1680 g/mol.